The lowest BCUT2D eigenvalue weighted by Crippen LogP contribution is -2.15. The maximum Gasteiger partial charge on any atom is 0.267 e. The van der Waals surface area contributed by atoms with Gasteiger partial charge in [-0.05, 0) is 36.1 Å². The molecule has 5 heteroatoms. The average Bonchev–Trinajstić information content (AvgIpc) is 2.66. The molecule has 0 radical (unpaired) electrons. The predicted molar refractivity (Wildman–Crippen MR) is 106 cm³/mol. The summed E-state index contributed by atoms with van der Waals surface area (Å²) in [6.07, 6.45) is 1.41. The fourth-order valence-electron chi connectivity index (χ4n) is 2.58. The number of hydrogen-bond acceptors (Lipinski definition) is 3. The first kappa shape index (κ1) is 17.5. The van der Waals surface area contributed by atoms with Gasteiger partial charge in [-0.3, -0.25) is 4.79 Å². The smallest absolute Gasteiger partial charge is 0.267 e. The molecule has 0 aliphatic heterocycles. The summed E-state index contributed by atoms with van der Waals surface area (Å²) in [5.74, 6) is -0.495. The lowest BCUT2D eigenvalue weighted by molar-refractivity contribution is -0.112. The zero-order valence-electron chi connectivity index (χ0n) is 14.1. The Balaban J connectivity index is 1.83. The summed E-state index contributed by atoms with van der Waals surface area (Å²) in [7, 11) is 0. The molecule has 0 saturated carbocycles. The van der Waals surface area contributed by atoms with Crippen molar-refractivity contribution in [1.82, 2.24) is 0 Å². The summed E-state index contributed by atoms with van der Waals surface area (Å²) in [5, 5.41) is 17.8. The molecule has 3 aromatic carbocycles. The number of benzene rings is 3. The van der Waals surface area contributed by atoms with Crippen molar-refractivity contribution in [3.05, 3.63) is 83.0 Å². The van der Waals surface area contributed by atoms with Gasteiger partial charge in [0, 0.05) is 28.0 Å². The van der Waals surface area contributed by atoms with Crippen LogP contribution in [0.1, 0.15) is 5.56 Å². The van der Waals surface area contributed by atoms with Crippen LogP contribution in [0.25, 0.3) is 10.8 Å². The second-order valence-electron chi connectivity index (χ2n) is 5.71. The lowest BCUT2D eigenvalue weighted by Gasteiger charge is -2.10. The number of hydrogen-bond donors (Lipinski definition) is 2. The van der Waals surface area contributed by atoms with Crippen molar-refractivity contribution in [3.8, 4) is 6.07 Å². The van der Waals surface area contributed by atoms with E-state index in [-0.39, 0.29) is 5.57 Å². The van der Waals surface area contributed by atoms with E-state index in [4.69, 9.17) is 11.6 Å². The molecular formula is C21H16ClN3O. The third kappa shape index (κ3) is 3.69. The maximum atomic E-state index is 12.4. The van der Waals surface area contributed by atoms with Crippen LogP contribution >= 0.6 is 11.6 Å². The molecule has 0 spiro atoms. The van der Waals surface area contributed by atoms with E-state index < -0.39 is 5.91 Å². The number of nitrogens with zero attached hydrogens (tertiary/aromatic N) is 1. The molecule has 4 nitrogen and oxygen atoms in total. The van der Waals surface area contributed by atoms with Gasteiger partial charge < -0.3 is 10.6 Å². The zero-order chi connectivity index (χ0) is 18.5. The summed E-state index contributed by atoms with van der Waals surface area (Å²) in [6.45, 7) is 1.81. The summed E-state index contributed by atoms with van der Waals surface area (Å²) in [4.78, 5) is 12.4. The molecule has 0 bridgehead atoms. The lowest BCUT2D eigenvalue weighted by atomic mass is 10.1. The van der Waals surface area contributed by atoms with Crippen molar-refractivity contribution in [3.63, 3.8) is 0 Å². The van der Waals surface area contributed by atoms with E-state index in [9.17, 15) is 10.1 Å². The Kier molecular flexibility index (Phi) is 5.21. The van der Waals surface area contributed by atoms with E-state index in [0.717, 1.165) is 22.0 Å². The van der Waals surface area contributed by atoms with E-state index in [2.05, 4.69) is 10.6 Å². The van der Waals surface area contributed by atoms with Crippen LogP contribution < -0.4 is 10.6 Å². The van der Waals surface area contributed by atoms with Gasteiger partial charge in [0.2, 0.25) is 0 Å². The second kappa shape index (κ2) is 7.73. The molecule has 1 amide bonds. The number of amides is 1. The fourth-order valence-corrected chi connectivity index (χ4v) is 2.76. The molecule has 0 aromatic heterocycles. The highest BCUT2D eigenvalue weighted by atomic mass is 35.5. The number of nitrogens with one attached hydrogen (secondary N) is 2. The standard InChI is InChI=1S/C21H16ClN3O/c1-14-18(22)9-5-10-19(14)25-21(26)16(12-23)13-24-20-11-4-7-15-6-2-3-8-17(15)20/h2-11,13,24H,1H3,(H,25,26)/b16-13-. The van der Waals surface area contributed by atoms with Gasteiger partial charge in [0.15, 0.2) is 0 Å². The van der Waals surface area contributed by atoms with E-state index in [0.29, 0.717) is 10.7 Å². The highest BCUT2D eigenvalue weighted by molar-refractivity contribution is 6.31. The highest BCUT2D eigenvalue weighted by Crippen LogP contribution is 2.24. The van der Waals surface area contributed by atoms with Crippen LogP contribution in [0, 0.1) is 18.3 Å². The van der Waals surface area contributed by atoms with Gasteiger partial charge in [-0.25, -0.2) is 0 Å². The van der Waals surface area contributed by atoms with Crippen LogP contribution in [0.2, 0.25) is 5.02 Å². The molecule has 3 aromatic rings. The van der Waals surface area contributed by atoms with Crippen LogP contribution in [0.3, 0.4) is 0 Å². The molecule has 3 rings (SSSR count). The van der Waals surface area contributed by atoms with Gasteiger partial charge in [0.25, 0.3) is 5.91 Å². The summed E-state index contributed by atoms with van der Waals surface area (Å²) >= 11 is 6.06. The minimum atomic E-state index is -0.495. The molecule has 0 atom stereocenters. The van der Waals surface area contributed by atoms with E-state index in [1.165, 1.54) is 6.20 Å². The maximum absolute atomic E-state index is 12.4. The topological polar surface area (TPSA) is 64.9 Å². The molecule has 128 valence electrons. The van der Waals surface area contributed by atoms with Gasteiger partial charge in [0.05, 0.1) is 0 Å². The first-order valence-electron chi connectivity index (χ1n) is 8.01. The SMILES string of the molecule is Cc1c(Cl)cccc1NC(=O)/C(C#N)=C\Nc1cccc2ccccc12. The Morgan fingerprint density at radius 1 is 1.04 bits per heavy atom. The first-order chi connectivity index (χ1) is 12.6. The Bertz CT molecular complexity index is 1050. The predicted octanol–water partition coefficient (Wildman–Crippen LogP) is 5.26. The minimum absolute atomic E-state index is 0.0303. The fraction of sp³-hybridized carbons (Fsp3) is 0.0476. The molecule has 0 unspecified atom stereocenters. The largest absolute Gasteiger partial charge is 0.360 e. The molecule has 0 aliphatic rings. The van der Waals surface area contributed by atoms with Gasteiger partial charge in [-0.15, -0.1) is 0 Å². The average molecular weight is 362 g/mol. The van der Waals surface area contributed by atoms with Gasteiger partial charge in [-0.2, -0.15) is 5.26 Å². The zero-order valence-corrected chi connectivity index (χ0v) is 14.8. The first-order valence-corrected chi connectivity index (χ1v) is 8.39. The van der Waals surface area contributed by atoms with Crippen molar-refractivity contribution in [2.45, 2.75) is 6.92 Å². The van der Waals surface area contributed by atoms with E-state index >= 15 is 0 Å². The number of carbonyl (C=O) groups excluding carboxylic acids is 1. The minimum Gasteiger partial charge on any atom is -0.360 e. The van der Waals surface area contributed by atoms with Crippen molar-refractivity contribution in [2.24, 2.45) is 0 Å². The van der Waals surface area contributed by atoms with Gasteiger partial charge in [-0.1, -0.05) is 54.1 Å². The molecule has 0 heterocycles. The molecule has 0 saturated heterocycles. The number of fused-ring (bicyclic) bond motifs is 1. The van der Waals surface area contributed by atoms with Crippen LogP contribution in [0.5, 0.6) is 0 Å². The van der Waals surface area contributed by atoms with Crippen molar-refractivity contribution in [2.75, 3.05) is 10.6 Å². The molecule has 0 fully saturated rings. The molecule has 26 heavy (non-hydrogen) atoms. The summed E-state index contributed by atoms with van der Waals surface area (Å²) in [6, 6.07) is 20.9. The van der Waals surface area contributed by atoms with Crippen LogP contribution in [-0.4, -0.2) is 5.91 Å². The summed E-state index contributed by atoms with van der Waals surface area (Å²) in [5.41, 5.74) is 2.12. The monoisotopic (exact) mass is 361 g/mol. The van der Waals surface area contributed by atoms with Crippen LogP contribution in [0.15, 0.2) is 72.4 Å². The molecule has 2 N–H and O–H groups in total. The third-order valence-electron chi connectivity index (χ3n) is 4.04. The quantitative estimate of drug-likeness (QED) is 0.492. The molecule has 0 aliphatic carbocycles. The van der Waals surface area contributed by atoms with Crippen molar-refractivity contribution in [1.29, 1.82) is 5.26 Å². The van der Waals surface area contributed by atoms with Crippen molar-refractivity contribution >= 4 is 39.7 Å². The molecular weight excluding hydrogens is 346 g/mol. The normalized spacial score (nSPS) is 11.0. The van der Waals surface area contributed by atoms with Gasteiger partial charge in [0.1, 0.15) is 11.6 Å². The number of halogens is 1. The second-order valence-corrected chi connectivity index (χ2v) is 6.11. The van der Waals surface area contributed by atoms with E-state index in [1.54, 1.807) is 18.2 Å². The number of nitriles is 1. The highest BCUT2D eigenvalue weighted by Gasteiger charge is 2.12. The Hall–Kier alpha value is -3.29. The number of rotatable bonds is 4. The van der Waals surface area contributed by atoms with Crippen molar-refractivity contribution < 1.29 is 4.79 Å². The Morgan fingerprint density at radius 2 is 1.73 bits per heavy atom. The van der Waals surface area contributed by atoms with Crippen LogP contribution in [0.4, 0.5) is 11.4 Å². The van der Waals surface area contributed by atoms with Gasteiger partial charge >= 0.3 is 0 Å². The Morgan fingerprint density at radius 3 is 2.54 bits per heavy atom. The Labute approximate surface area is 156 Å². The number of anilines is 2. The third-order valence-corrected chi connectivity index (χ3v) is 4.45. The number of carbonyl (C=O) groups is 1. The summed E-state index contributed by atoms with van der Waals surface area (Å²) < 4.78 is 0. The van der Waals surface area contributed by atoms with Crippen LogP contribution in [-0.2, 0) is 4.79 Å². The van der Waals surface area contributed by atoms with E-state index in [1.807, 2.05) is 55.5 Å².